The first kappa shape index (κ1) is 19.7. The molecule has 2 aromatic carbocycles. The van der Waals surface area contributed by atoms with Crippen molar-refractivity contribution in [3.63, 3.8) is 0 Å². The number of aliphatic hydroxyl groups excluding tert-OH is 1. The van der Waals surface area contributed by atoms with Gasteiger partial charge in [0.05, 0.1) is 22.1 Å². The van der Waals surface area contributed by atoms with Crippen molar-refractivity contribution in [1.82, 2.24) is 0 Å². The molecule has 3 aromatic rings. The van der Waals surface area contributed by atoms with Gasteiger partial charge in [-0.25, -0.2) is 0 Å². The van der Waals surface area contributed by atoms with Crippen LogP contribution in [0.15, 0.2) is 27.4 Å². The maximum absolute atomic E-state index is 13.3. The Morgan fingerprint density at radius 1 is 1.16 bits per heavy atom. The van der Waals surface area contributed by atoms with Gasteiger partial charge in [-0.1, -0.05) is 0 Å². The normalized spacial score (nSPS) is 21.6. The number of aromatic hydroxyl groups is 2. The SMILES string of the molecule is CC1(C)C=Cc2c(cc3oc4c5c(c(O)cc4c(=O)c3c2O)O[C@@H](C(C)(C)O)[C@H]5O)O1. The quantitative estimate of drug-likeness (QED) is 0.437. The first-order valence-corrected chi connectivity index (χ1v) is 9.87. The first-order valence-electron chi connectivity index (χ1n) is 9.87. The van der Waals surface area contributed by atoms with Crippen LogP contribution >= 0.6 is 0 Å². The summed E-state index contributed by atoms with van der Waals surface area (Å²) < 4.78 is 17.5. The van der Waals surface area contributed by atoms with Crippen molar-refractivity contribution in [1.29, 1.82) is 0 Å². The summed E-state index contributed by atoms with van der Waals surface area (Å²) in [7, 11) is 0. The molecule has 0 fully saturated rings. The second-order valence-corrected chi connectivity index (χ2v) is 9.13. The van der Waals surface area contributed by atoms with E-state index in [-0.39, 0.29) is 44.8 Å². The maximum atomic E-state index is 13.3. The molecule has 0 spiro atoms. The third kappa shape index (κ3) is 2.72. The molecular weight excluding hydrogens is 404 g/mol. The van der Waals surface area contributed by atoms with Crippen LogP contribution in [0.2, 0.25) is 0 Å². The number of aliphatic hydroxyl groups is 2. The highest BCUT2D eigenvalue weighted by atomic mass is 16.5. The second-order valence-electron chi connectivity index (χ2n) is 9.13. The van der Waals surface area contributed by atoms with Crippen molar-refractivity contribution in [2.75, 3.05) is 0 Å². The lowest BCUT2D eigenvalue weighted by molar-refractivity contribution is -0.0765. The van der Waals surface area contributed by atoms with Crippen molar-refractivity contribution < 1.29 is 34.3 Å². The van der Waals surface area contributed by atoms with Gasteiger partial charge in [0.25, 0.3) is 0 Å². The second kappa shape index (κ2) is 5.93. The zero-order chi connectivity index (χ0) is 22.5. The smallest absolute Gasteiger partial charge is 0.204 e. The Kier molecular flexibility index (Phi) is 3.77. The lowest BCUT2D eigenvalue weighted by Crippen LogP contribution is -2.41. The number of hydrogen-bond acceptors (Lipinski definition) is 8. The number of phenolic OH excluding ortho intramolecular Hbond substituents is 2. The van der Waals surface area contributed by atoms with E-state index in [0.29, 0.717) is 11.3 Å². The van der Waals surface area contributed by atoms with Gasteiger partial charge in [-0.15, -0.1) is 0 Å². The molecule has 8 heteroatoms. The van der Waals surface area contributed by atoms with Crippen LogP contribution in [-0.4, -0.2) is 37.7 Å². The Hall–Kier alpha value is -3.23. The number of phenols is 2. The van der Waals surface area contributed by atoms with E-state index in [1.807, 2.05) is 13.8 Å². The van der Waals surface area contributed by atoms with Gasteiger partial charge in [0.1, 0.15) is 39.8 Å². The Bertz CT molecular complexity index is 1360. The van der Waals surface area contributed by atoms with E-state index in [1.54, 1.807) is 12.2 Å². The van der Waals surface area contributed by atoms with E-state index >= 15 is 0 Å². The van der Waals surface area contributed by atoms with E-state index in [9.17, 15) is 25.2 Å². The van der Waals surface area contributed by atoms with Crippen molar-refractivity contribution in [3.8, 4) is 23.0 Å². The van der Waals surface area contributed by atoms with Crippen LogP contribution in [0.5, 0.6) is 23.0 Å². The first-order chi connectivity index (χ1) is 14.4. The standard InChI is InChI=1S/C23H22O8/c1-22(2)6-5-9-12(31-22)8-13-14(16(9)25)17(26)10-7-11(24)20-15(19(10)29-13)18(27)21(30-20)23(3,4)28/h5-8,18,21,24-25,27-28H,1-4H3/t18-,21+/m0/s1. The summed E-state index contributed by atoms with van der Waals surface area (Å²) in [6.07, 6.45) is 1.02. The molecule has 0 saturated carbocycles. The molecule has 3 heterocycles. The number of ether oxygens (including phenoxy) is 2. The van der Waals surface area contributed by atoms with Gasteiger partial charge < -0.3 is 34.3 Å². The molecule has 0 aliphatic carbocycles. The third-order valence-corrected chi connectivity index (χ3v) is 5.75. The van der Waals surface area contributed by atoms with Crippen LogP contribution in [0.25, 0.3) is 28.0 Å². The zero-order valence-corrected chi connectivity index (χ0v) is 17.4. The highest BCUT2D eigenvalue weighted by molar-refractivity contribution is 5.99. The summed E-state index contributed by atoms with van der Waals surface area (Å²) in [5, 5.41) is 42.4. The lowest BCUT2D eigenvalue weighted by Gasteiger charge is -2.28. The van der Waals surface area contributed by atoms with Crippen molar-refractivity contribution in [2.24, 2.45) is 0 Å². The van der Waals surface area contributed by atoms with Crippen LogP contribution in [-0.2, 0) is 0 Å². The molecule has 0 bridgehead atoms. The number of fused-ring (bicyclic) bond motifs is 5. The Labute approximate surface area is 176 Å². The summed E-state index contributed by atoms with van der Waals surface area (Å²) in [5.74, 6) is -0.373. The number of rotatable bonds is 1. The van der Waals surface area contributed by atoms with Crippen LogP contribution in [0.3, 0.4) is 0 Å². The Balaban J connectivity index is 1.85. The molecule has 0 amide bonds. The maximum Gasteiger partial charge on any atom is 0.204 e. The van der Waals surface area contributed by atoms with E-state index in [2.05, 4.69) is 0 Å². The molecule has 5 rings (SSSR count). The van der Waals surface area contributed by atoms with Gasteiger partial charge in [0.2, 0.25) is 5.43 Å². The fourth-order valence-electron chi connectivity index (χ4n) is 4.23. The predicted molar refractivity (Wildman–Crippen MR) is 113 cm³/mol. The summed E-state index contributed by atoms with van der Waals surface area (Å²) in [6.45, 7) is 6.64. The topological polar surface area (TPSA) is 130 Å². The van der Waals surface area contributed by atoms with Crippen LogP contribution in [0, 0.1) is 0 Å². The van der Waals surface area contributed by atoms with Crippen molar-refractivity contribution in [3.05, 3.63) is 39.6 Å². The van der Waals surface area contributed by atoms with Gasteiger partial charge >= 0.3 is 0 Å². The molecule has 0 radical (unpaired) electrons. The molecule has 31 heavy (non-hydrogen) atoms. The Morgan fingerprint density at radius 2 is 1.87 bits per heavy atom. The summed E-state index contributed by atoms with van der Waals surface area (Å²) in [6, 6.07) is 2.69. The predicted octanol–water partition coefficient (Wildman–Crippen LogP) is 3.11. The zero-order valence-electron chi connectivity index (χ0n) is 17.4. The minimum absolute atomic E-state index is 0.00881. The minimum Gasteiger partial charge on any atom is -0.506 e. The molecule has 0 unspecified atom stereocenters. The average molecular weight is 426 g/mol. The number of benzene rings is 2. The Morgan fingerprint density at radius 3 is 2.55 bits per heavy atom. The van der Waals surface area contributed by atoms with Gasteiger partial charge in [-0.3, -0.25) is 4.79 Å². The molecule has 2 aliphatic rings. The van der Waals surface area contributed by atoms with E-state index < -0.39 is 28.8 Å². The fourth-order valence-corrected chi connectivity index (χ4v) is 4.23. The average Bonchev–Trinajstić information content (AvgIpc) is 3.00. The third-order valence-electron chi connectivity index (χ3n) is 5.75. The lowest BCUT2D eigenvalue weighted by atomic mass is 9.93. The summed E-state index contributed by atoms with van der Waals surface area (Å²) in [5.41, 5.74) is -2.12. The van der Waals surface area contributed by atoms with E-state index in [4.69, 9.17) is 13.9 Å². The van der Waals surface area contributed by atoms with Gasteiger partial charge in [0.15, 0.2) is 17.6 Å². The molecule has 162 valence electrons. The summed E-state index contributed by atoms with van der Waals surface area (Å²) in [4.78, 5) is 13.3. The van der Waals surface area contributed by atoms with Crippen molar-refractivity contribution in [2.45, 2.75) is 51.1 Å². The van der Waals surface area contributed by atoms with Crippen LogP contribution in [0.1, 0.15) is 44.9 Å². The molecule has 8 nitrogen and oxygen atoms in total. The highest BCUT2D eigenvalue weighted by Gasteiger charge is 2.46. The molecule has 0 saturated heterocycles. The molecular formula is C23H22O8. The van der Waals surface area contributed by atoms with Crippen LogP contribution < -0.4 is 14.9 Å². The van der Waals surface area contributed by atoms with Crippen LogP contribution in [0.4, 0.5) is 0 Å². The molecule has 2 aliphatic heterocycles. The summed E-state index contributed by atoms with van der Waals surface area (Å²) >= 11 is 0. The van der Waals surface area contributed by atoms with Gasteiger partial charge in [-0.2, -0.15) is 0 Å². The molecule has 1 aromatic heterocycles. The highest BCUT2D eigenvalue weighted by Crippen LogP contribution is 2.50. The molecule has 2 atom stereocenters. The monoisotopic (exact) mass is 426 g/mol. The van der Waals surface area contributed by atoms with Gasteiger partial charge in [0, 0.05) is 6.07 Å². The minimum atomic E-state index is -1.43. The van der Waals surface area contributed by atoms with Crippen molar-refractivity contribution >= 4 is 28.0 Å². The number of hydrogen-bond donors (Lipinski definition) is 4. The fraction of sp³-hybridized carbons (Fsp3) is 0.348. The largest absolute Gasteiger partial charge is 0.506 e. The van der Waals surface area contributed by atoms with E-state index in [0.717, 1.165) is 0 Å². The van der Waals surface area contributed by atoms with E-state index in [1.165, 1.54) is 26.0 Å². The molecule has 4 N–H and O–H groups in total. The van der Waals surface area contributed by atoms with Gasteiger partial charge in [-0.05, 0) is 45.9 Å².